The number of sulfonamides is 1. The standard InChI is InChI=1S/C12H11N5O2S2/c1-7-15-12(20-16-7)17-21(18,19)10-5-4-9(13)8-3-2-6-14-11(8)10/h2-6H,13H2,1H3,(H,15,16,17). The smallest absolute Gasteiger partial charge is 0.265 e. The van der Waals surface area contributed by atoms with Crippen molar-refractivity contribution in [2.24, 2.45) is 0 Å². The van der Waals surface area contributed by atoms with Gasteiger partial charge in [0.2, 0.25) is 5.13 Å². The molecule has 0 unspecified atom stereocenters. The van der Waals surface area contributed by atoms with Crippen LogP contribution in [0.1, 0.15) is 5.82 Å². The summed E-state index contributed by atoms with van der Waals surface area (Å²) in [5, 5.41) is 0.808. The first-order valence-electron chi connectivity index (χ1n) is 5.94. The van der Waals surface area contributed by atoms with Crippen LogP contribution in [0.4, 0.5) is 10.8 Å². The van der Waals surface area contributed by atoms with Crippen LogP contribution in [0.15, 0.2) is 35.4 Å². The number of aromatic nitrogens is 3. The van der Waals surface area contributed by atoms with Crippen molar-refractivity contribution >= 4 is 43.3 Å². The third-order valence-corrected chi connectivity index (χ3v) is 5.03. The van der Waals surface area contributed by atoms with E-state index in [0.29, 0.717) is 22.4 Å². The van der Waals surface area contributed by atoms with E-state index in [4.69, 9.17) is 5.73 Å². The Morgan fingerprint density at radius 2 is 2.10 bits per heavy atom. The van der Waals surface area contributed by atoms with Crippen molar-refractivity contribution in [3.05, 3.63) is 36.3 Å². The van der Waals surface area contributed by atoms with Gasteiger partial charge < -0.3 is 5.73 Å². The largest absolute Gasteiger partial charge is 0.398 e. The number of anilines is 2. The van der Waals surface area contributed by atoms with Crippen LogP contribution >= 0.6 is 11.5 Å². The second-order valence-corrected chi connectivity index (χ2v) is 6.71. The van der Waals surface area contributed by atoms with Gasteiger partial charge in [0.05, 0.1) is 5.52 Å². The number of hydrogen-bond donors (Lipinski definition) is 2. The molecule has 1 aromatic carbocycles. The predicted octanol–water partition coefficient (Wildman–Crippen LogP) is 1.78. The van der Waals surface area contributed by atoms with E-state index in [9.17, 15) is 8.42 Å². The van der Waals surface area contributed by atoms with E-state index in [-0.39, 0.29) is 10.0 Å². The minimum Gasteiger partial charge on any atom is -0.398 e. The first-order chi connectivity index (χ1) is 9.97. The number of aryl methyl sites for hydroxylation is 1. The summed E-state index contributed by atoms with van der Waals surface area (Å²) >= 11 is 0.983. The molecule has 0 aliphatic rings. The minimum absolute atomic E-state index is 0.0557. The average Bonchev–Trinajstić information content (AvgIpc) is 2.83. The summed E-state index contributed by atoms with van der Waals surface area (Å²) in [6.07, 6.45) is 1.52. The van der Waals surface area contributed by atoms with Gasteiger partial charge in [-0.2, -0.15) is 4.37 Å². The zero-order chi connectivity index (χ0) is 15.0. The van der Waals surface area contributed by atoms with E-state index in [2.05, 4.69) is 19.1 Å². The third-order valence-electron chi connectivity index (χ3n) is 2.81. The molecule has 0 fully saturated rings. The first kappa shape index (κ1) is 13.7. The minimum atomic E-state index is -3.80. The lowest BCUT2D eigenvalue weighted by molar-refractivity contribution is 0.602. The lowest BCUT2D eigenvalue weighted by Gasteiger charge is -2.09. The van der Waals surface area contributed by atoms with Gasteiger partial charge in [-0.3, -0.25) is 9.71 Å². The normalized spacial score (nSPS) is 11.7. The molecule has 3 rings (SSSR count). The monoisotopic (exact) mass is 321 g/mol. The first-order valence-corrected chi connectivity index (χ1v) is 8.19. The molecule has 108 valence electrons. The third kappa shape index (κ3) is 2.52. The van der Waals surface area contributed by atoms with Crippen molar-refractivity contribution < 1.29 is 8.42 Å². The van der Waals surface area contributed by atoms with Gasteiger partial charge in [-0.1, -0.05) is 0 Å². The van der Waals surface area contributed by atoms with Crippen LogP contribution < -0.4 is 10.5 Å². The number of nitrogens with one attached hydrogen (secondary N) is 1. The molecule has 0 aliphatic heterocycles. The Morgan fingerprint density at radius 3 is 2.81 bits per heavy atom. The Hall–Kier alpha value is -2.26. The molecule has 3 aromatic rings. The fourth-order valence-electron chi connectivity index (χ4n) is 1.89. The van der Waals surface area contributed by atoms with Gasteiger partial charge in [0.15, 0.2) is 0 Å². The van der Waals surface area contributed by atoms with Gasteiger partial charge in [-0.15, -0.1) is 0 Å². The summed E-state index contributed by atoms with van der Waals surface area (Å²) in [5.74, 6) is 0.512. The number of pyridine rings is 1. The van der Waals surface area contributed by atoms with Crippen molar-refractivity contribution in [2.45, 2.75) is 11.8 Å². The molecule has 3 N–H and O–H groups in total. The molecule has 9 heteroatoms. The predicted molar refractivity (Wildman–Crippen MR) is 81.6 cm³/mol. The topological polar surface area (TPSA) is 111 Å². The van der Waals surface area contributed by atoms with Gasteiger partial charge in [-0.05, 0) is 31.2 Å². The highest BCUT2D eigenvalue weighted by Crippen LogP contribution is 2.27. The Labute approximate surface area is 125 Å². The SMILES string of the molecule is Cc1nsc(NS(=O)(=O)c2ccc(N)c3cccnc23)n1. The van der Waals surface area contributed by atoms with E-state index in [1.54, 1.807) is 25.1 Å². The number of fused-ring (bicyclic) bond motifs is 1. The highest BCUT2D eigenvalue weighted by Gasteiger charge is 2.20. The van der Waals surface area contributed by atoms with E-state index in [0.717, 1.165) is 11.5 Å². The van der Waals surface area contributed by atoms with Crippen molar-refractivity contribution in [3.63, 3.8) is 0 Å². The summed E-state index contributed by atoms with van der Waals surface area (Å²) in [7, 11) is -3.80. The number of benzene rings is 1. The van der Waals surface area contributed by atoms with Crippen molar-refractivity contribution in [1.29, 1.82) is 0 Å². The molecule has 0 saturated heterocycles. The molecule has 0 saturated carbocycles. The van der Waals surface area contributed by atoms with Crippen LogP contribution in [-0.2, 0) is 10.0 Å². The Bertz CT molecular complexity index is 920. The van der Waals surface area contributed by atoms with Crippen LogP contribution in [0.3, 0.4) is 0 Å². The summed E-state index contributed by atoms with van der Waals surface area (Å²) < 4.78 is 31.3. The fourth-order valence-corrected chi connectivity index (χ4v) is 3.85. The molecule has 7 nitrogen and oxygen atoms in total. The zero-order valence-corrected chi connectivity index (χ0v) is 12.6. The Kier molecular flexibility index (Phi) is 3.22. The molecule has 0 amide bonds. The quantitative estimate of drug-likeness (QED) is 0.711. The van der Waals surface area contributed by atoms with Crippen LogP contribution in [0.25, 0.3) is 10.9 Å². The molecule has 21 heavy (non-hydrogen) atoms. The number of nitrogens with zero attached hydrogens (tertiary/aromatic N) is 3. The van der Waals surface area contributed by atoms with Crippen molar-refractivity contribution in [2.75, 3.05) is 10.5 Å². The maximum absolute atomic E-state index is 12.5. The molecule has 0 aliphatic carbocycles. The maximum atomic E-state index is 12.5. The highest BCUT2D eigenvalue weighted by atomic mass is 32.2. The Morgan fingerprint density at radius 1 is 1.29 bits per heavy atom. The van der Waals surface area contributed by atoms with Crippen molar-refractivity contribution in [1.82, 2.24) is 14.3 Å². The van der Waals surface area contributed by atoms with Gasteiger partial charge in [-0.25, -0.2) is 13.4 Å². The summed E-state index contributed by atoms with van der Waals surface area (Å²) in [4.78, 5) is 8.17. The zero-order valence-electron chi connectivity index (χ0n) is 10.9. The summed E-state index contributed by atoms with van der Waals surface area (Å²) in [6, 6.07) is 6.41. The molecule has 0 radical (unpaired) electrons. The summed E-state index contributed by atoms with van der Waals surface area (Å²) in [5.41, 5.74) is 6.65. The van der Waals surface area contributed by atoms with Crippen LogP contribution in [0, 0.1) is 6.92 Å². The van der Waals surface area contributed by atoms with Crippen LogP contribution in [0.5, 0.6) is 0 Å². The maximum Gasteiger partial charge on any atom is 0.265 e. The molecule has 0 spiro atoms. The average molecular weight is 321 g/mol. The van der Waals surface area contributed by atoms with Crippen LogP contribution in [0.2, 0.25) is 0 Å². The van der Waals surface area contributed by atoms with E-state index in [1.807, 2.05) is 0 Å². The van der Waals surface area contributed by atoms with Crippen LogP contribution in [-0.4, -0.2) is 22.8 Å². The molecule has 2 aromatic heterocycles. The number of nitrogens with two attached hydrogens (primary N) is 1. The van der Waals surface area contributed by atoms with E-state index >= 15 is 0 Å². The lowest BCUT2D eigenvalue weighted by atomic mass is 10.2. The molecular formula is C12H11N5O2S2. The molecule has 0 atom stereocenters. The molecular weight excluding hydrogens is 310 g/mol. The van der Waals surface area contributed by atoms with Gasteiger partial charge in [0.25, 0.3) is 10.0 Å². The fraction of sp³-hybridized carbons (Fsp3) is 0.0833. The molecule has 2 heterocycles. The van der Waals surface area contributed by atoms with Gasteiger partial charge >= 0.3 is 0 Å². The summed E-state index contributed by atoms with van der Waals surface area (Å²) in [6.45, 7) is 1.69. The number of rotatable bonds is 3. The lowest BCUT2D eigenvalue weighted by Crippen LogP contribution is -2.14. The molecule has 0 bridgehead atoms. The van der Waals surface area contributed by atoms with Crippen molar-refractivity contribution in [3.8, 4) is 0 Å². The van der Waals surface area contributed by atoms with E-state index in [1.165, 1.54) is 12.3 Å². The second-order valence-electron chi connectivity index (χ2n) is 4.30. The van der Waals surface area contributed by atoms with Gasteiger partial charge in [0.1, 0.15) is 10.7 Å². The van der Waals surface area contributed by atoms with Gasteiger partial charge in [0, 0.05) is 28.8 Å². The number of hydrogen-bond acceptors (Lipinski definition) is 7. The van der Waals surface area contributed by atoms with E-state index < -0.39 is 10.0 Å². The number of nitrogen functional groups attached to an aromatic ring is 1. The second kappa shape index (κ2) is 4.93. The Balaban J connectivity index is 2.13. The highest BCUT2D eigenvalue weighted by molar-refractivity contribution is 7.93.